The Morgan fingerprint density at radius 2 is 2.67 bits per heavy atom. The molecule has 0 aromatic carbocycles. The molecule has 1 nitrogen and oxygen atoms in total. The first-order valence-electron chi connectivity index (χ1n) is 3.06. The lowest BCUT2D eigenvalue weighted by Gasteiger charge is -2.11. The van der Waals surface area contributed by atoms with E-state index in [2.05, 4.69) is 23.1 Å². The number of hydrogen-bond acceptors (Lipinski definition) is 2. The molecule has 1 aliphatic rings. The third-order valence-electron chi connectivity index (χ3n) is 1.23. The van der Waals surface area contributed by atoms with Crippen LogP contribution in [0, 0.1) is 0 Å². The summed E-state index contributed by atoms with van der Waals surface area (Å²) in [5.41, 5.74) is 0. The van der Waals surface area contributed by atoms with Gasteiger partial charge in [-0.1, -0.05) is 6.08 Å². The summed E-state index contributed by atoms with van der Waals surface area (Å²) in [5.74, 6) is 1.12. The molecule has 1 rings (SSSR count). The summed E-state index contributed by atoms with van der Waals surface area (Å²) < 4.78 is 0. The van der Waals surface area contributed by atoms with Gasteiger partial charge in [0.25, 0.3) is 0 Å². The van der Waals surface area contributed by atoms with Crippen molar-refractivity contribution in [1.29, 1.82) is 0 Å². The fourth-order valence-corrected chi connectivity index (χ4v) is 1.46. The molecule has 0 N–H and O–H groups in total. The Morgan fingerprint density at radius 1 is 1.78 bits per heavy atom. The highest BCUT2D eigenvalue weighted by Crippen LogP contribution is 2.14. The second-order valence-corrected chi connectivity index (χ2v) is 2.83. The van der Waals surface area contributed by atoms with Gasteiger partial charge < -0.3 is 4.90 Å². The van der Waals surface area contributed by atoms with Crippen LogP contribution in [-0.2, 0) is 0 Å². The molecule has 1 aliphatic heterocycles. The summed E-state index contributed by atoms with van der Waals surface area (Å²) in [4.78, 5) is 2.28. The first kappa shape index (κ1) is 6.75. The summed E-state index contributed by atoms with van der Waals surface area (Å²) in [6.07, 6.45) is 5.18. The standard InChI is InChI=1S/C7H11NS/c1-2-3-4-8-5-6-9-7-8/h2,5-6H,1,3-4,7H2. The van der Waals surface area contributed by atoms with E-state index >= 15 is 0 Å². The van der Waals surface area contributed by atoms with Crippen LogP contribution in [0.2, 0.25) is 0 Å². The van der Waals surface area contributed by atoms with Crippen molar-refractivity contribution in [3.63, 3.8) is 0 Å². The lowest BCUT2D eigenvalue weighted by molar-refractivity contribution is 0.455. The summed E-state index contributed by atoms with van der Waals surface area (Å²) in [6.45, 7) is 4.78. The molecule has 0 saturated carbocycles. The van der Waals surface area contributed by atoms with Gasteiger partial charge in [0.15, 0.2) is 0 Å². The number of hydrogen-bond donors (Lipinski definition) is 0. The maximum Gasteiger partial charge on any atom is 0.0675 e. The molecular formula is C7H11NS. The Balaban J connectivity index is 2.12. The fourth-order valence-electron chi connectivity index (χ4n) is 0.707. The van der Waals surface area contributed by atoms with E-state index in [1.807, 2.05) is 17.8 Å². The third-order valence-corrected chi connectivity index (χ3v) is 2.02. The van der Waals surface area contributed by atoms with Crippen LogP contribution in [0.5, 0.6) is 0 Å². The quantitative estimate of drug-likeness (QED) is 0.553. The molecule has 0 aromatic rings. The molecule has 1 heterocycles. The van der Waals surface area contributed by atoms with E-state index in [9.17, 15) is 0 Å². The summed E-state index contributed by atoms with van der Waals surface area (Å²) in [5, 5.41) is 2.13. The Hall–Kier alpha value is -0.370. The number of nitrogens with zero attached hydrogens (tertiary/aromatic N) is 1. The second-order valence-electron chi connectivity index (χ2n) is 1.97. The molecule has 0 radical (unpaired) electrons. The van der Waals surface area contributed by atoms with Crippen molar-refractivity contribution in [2.75, 3.05) is 12.4 Å². The Kier molecular flexibility index (Phi) is 2.71. The van der Waals surface area contributed by atoms with E-state index < -0.39 is 0 Å². The predicted octanol–water partition coefficient (Wildman–Crippen LogP) is 2.04. The van der Waals surface area contributed by atoms with Gasteiger partial charge in [0.05, 0.1) is 5.88 Å². The molecule has 9 heavy (non-hydrogen) atoms. The van der Waals surface area contributed by atoms with Crippen molar-refractivity contribution in [1.82, 2.24) is 4.90 Å². The normalized spacial score (nSPS) is 16.7. The Bertz CT molecular complexity index is 120. The van der Waals surface area contributed by atoms with Crippen molar-refractivity contribution >= 4 is 11.8 Å². The first-order valence-corrected chi connectivity index (χ1v) is 4.11. The zero-order valence-electron chi connectivity index (χ0n) is 5.42. The minimum absolute atomic E-state index is 1.09. The van der Waals surface area contributed by atoms with E-state index in [4.69, 9.17) is 0 Å². The van der Waals surface area contributed by atoms with Crippen LogP contribution in [0.25, 0.3) is 0 Å². The van der Waals surface area contributed by atoms with E-state index in [1.54, 1.807) is 0 Å². The lowest BCUT2D eigenvalue weighted by atomic mass is 10.4. The van der Waals surface area contributed by atoms with Crippen molar-refractivity contribution < 1.29 is 0 Å². The molecular weight excluding hydrogens is 130 g/mol. The fraction of sp³-hybridized carbons (Fsp3) is 0.429. The average Bonchev–Trinajstić information content (AvgIpc) is 2.34. The van der Waals surface area contributed by atoms with Crippen molar-refractivity contribution in [2.24, 2.45) is 0 Å². The van der Waals surface area contributed by atoms with Gasteiger partial charge in [-0.15, -0.1) is 18.3 Å². The molecule has 0 saturated heterocycles. The van der Waals surface area contributed by atoms with Crippen molar-refractivity contribution in [3.05, 3.63) is 24.3 Å². The highest BCUT2D eigenvalue weighted by Gasteiger charge is 2.00. The van der Waals surface area contributed by atoms with Crippen LogP contribution in [0.1, 0.15) is 6.42 Å². The molecule has 50 valence electrons. The van der Waals surface area contributed by atoms with Gasteiger partial charge in [0.2, 0.25) is 0 Å². The lowest BCUT2D eigenvalue weighted by Crippen LogP contribution is -2.13. The van der Waals surface area contributed by atoms with E-state index in [0.717, 1.165) is 18.8 Å². The van der Waals surface area contributed by atoms with Crippen LogP contribution in [0.3, 0.4) is 0 Å². The SMILES string of the molecule is C=CCCN1C=CSC1. The first-order chi connectivity index (χ1) is 4.43. The number of rotatable bonds is 3. The Labute approximate surface area is 60.4 Å². The van der Waals surface area contributed by atoms with Crippen LogP contribution < -0.4 is 0 Å². The smallest absolute Gasteiger partial charge is 0.0675 e. The average molecular weight is 141 g/mol. The van der Waals surface area contributed by atoms with Gasteiger partial charge in [-0.3, -0.25) is 0 Å². The van der Waals surface area contributed by atoms with Crippen LogP contribution in [0.15, 0.2) is 24.3 Å². The third kappa shape index (κ3) is 2.14. The largest absolute Gasteiger partial charge is 0.367 e. The maximum absolute atomic E-state index is 3.66. The second kappa shape index (κ2) is 3.62. The van der Waals surface area contributed by atoms with Gasteiger partial charge in [0, 0.05) is 12.7 Å². The predicted molar refractivity (Wildman–Crippen MR) is 43.1 cm³/mol. The monoisotopic (exact) mass is 141 g/mol. The molecule has 0 atom stereocenters. The maximum atomic E-state index is 3.66. The van der Waals surface area contributed by atoms with Gasteiger partial charge in [-0.25, -0.2) is 0 Å². The molecule has 0 aliphatic carbocycles. The van der Waals surface area contributed by atoms with Gasteiger partial charge in [0.1, 0.15) is 0 Å². The zero-order valence-corrected chi connectivity index (χ0v) is 6.23. The van der Waals surface area contributed by atoms with Crippen LogP contribution in [-0.4, -0.2) is 17.3 Å². The summed E-state index contributed by atoms with van der Waals surface area (Å²) in [7, 11) is 0. The van der Waals surface area contributed by atoms with E-state index in [0.29, 0.717) is 0 Å². The van der Waals surface area contributed by atoms with Crippen LogP contribution in [0.4, 0.5) is 0 Å². The molecule has 0 spiro atoms. The van der Waals surface area contributed by atoms with Crippen LogP contribution >= 0.6 is 11.8 Å². The molecule has 0 amide bonds. The zero-order chi connectivity index (χ0) is 6.53. The summed E-state index contributed by atoms with van der Waals surface area (Å²) >= 11 is 1.84. The topological polar surface area (TPSA) is 3.24 Å². The number of thioether (sulfide) groups is 1. The summed E-state index contributed by atoms with van der Waals surface area (Å²) in [6, 6.07) is 0. The molecule has 2 heteroatoms. The Morgan fingerprint density at radius 3 is 3.22 bits per heavy atom. The molecule has 0 unspecified atom stereocenters. The van der Waals surface area contributed by atoms with Gasteiger partial charge in [-0.05, 0) is 11.8 Å². The molecule has 0 bridgehead atoms. The van der Waals surface area contributed by atoms with Crippen molar-refractivity contribution in [3.8, 4) is 0 Å². The minimum Gasteiger partial charge on any atom is -0.367 e. The molecule has 0 aromatic heterocycles. The molecule has 0 fully saturated rings. The van der Waals surface area contributed by atoms with E-state index in [1.165, 1.54) is 0 Å². The highest BCUT2D eigenvalue weighted by molar-refractivity contribution is 8.02. The van der Waals surface area contributed by atoms with Gasteiger partial charge >= 0.3 is 0 Å². The van der Waals surface area contributed by atoms with Crippen molar-refractivity contribution in [2.45, 2.75) is 6.42 Å². The highest BCUT2D eigenvalue weighted by atomic mass is 32.2. The minimum atomic E-state index is 1.09. The van der Waals surface area contributed by atoms with Gasteiger partial charge in [-0.2, -0.15) is 0 Å². The van der Waals surface area contributed by atoms with E-state index in [-0.39, 0.29) is 0 Å².